The van der Waals surface area contributed by atoms with E-state index in [1.165, 1.54) is 6.42 Å². The monoisotopic (exact) mass is 493 g/mol. The van der Waals surface area contributed by atoms with E-state index in [1.807, 2.05) is 0 Å². The zero-order valence-electron chi connectivity index (χ0n) is 21.0. The van der Waals surface area contributed by atoms with Crippen LogP contribution in [0, 0.1) is 17.8 Å². The van der Waals surface area contributed by atoms with Crippen LogP contribution >= 0.6 is 0 Å². The van der Waals surface area contributed by atoms with Crippen molar-refractivity contribution < 1.29 is 24.3 Å². The van der Waals surface area contributed by atoms with Crippen molar-refractivity contribution in [3.8, 4) is 0 Å². The normalized spacial score (nSPS) is 27.8. The van der Waals surface area contributed by atoms with Crippen molar-refractivity contribution in [2.45, 2.75) is 102 Å². The summed E-state index contributed by atoms with van der Waals surface area (Å²) in [6.07, 6.45) is 9.80. The third kappa shape index (κ3) is 7.08. The Morgan fingerprint density at radius 1 is 1.06 bits per heavy atom. The van der Waals surface area contributed by atoms with Gasteiger partial charge in [0.1, 0.15) is 11.9 Å². The van der Waals surface area contributed by atoms with Crippen molar-refractivity contribution in [2.24, 2.45) is 34.4 Å². The zero-order chi connectivity index (χ0) is 25.4. The number of rotatable bonds is 9. The van der Waals surface area contributed by atoms with E-state index >= 15 is 0 Å². The van der Waals surface area contributed by atoms with Gasteiger partial charge in [-0.3, -0.25) is 9.59 Å². The molecular weight excluding hydrogens is 450 g/mol. The van der Waals surface area contributed by atoms with Gasteiger partial charge in [-0.05, 0) is 63.7 Å². The fraction of sp³-hybridized carbons (Fsp3) is 0.840. The van der Waals surface area contributed by atoms with Crippen molar-refractivity contribution in [2.75, 3.05) is 13.2 Å². The van der Waals surface area contributed by atoms with Gasteiger partial charge in [0.2, 0.25) is 5.91 Å². The lowest BCUT2D eigenvalue weighted by molar-refractivity contribution is -0.140. The van der Waals surface area contributed by atoms with E-state index in [9.17, 15) is 14.4 Å². The molecule has 0 radical (unpaired) electrons. The molecule has 2 amide bonds. The van der Waals surface area contributed by atoms with Crippen LogP contribution in [0.3, 0.4) is 0 Å². The summed E-state index contributed by atoms with van der Waals surface area (Å²) in [5.41, 5.74) is 12.2. The number of nitrogens with zero attached hydrogens (tertiary/aromatic N) is 2. The molecule has 2 saturated carbocycles. The van der Waals surface area contributed by atoms with Crippen molar-refractivity contribution in [1.29, 1.82) is 0 Å². The summed E-state index contributed by atoms with van der Waals surface area (Å²) >= 11 is 0. The van der Waals surface area contributed by atoms with Gasteiger partial charge in [0, 0.05) is 12.5 Å². The molecular formula is C25H43N5O5. The van der Waals surface area contributed by atoms with E-state index in [0.717, 1.165) is 57.8 Å². The topological polar surface area (TPSA) is 160 Å². The molecule has 0 spiro atoms. The fourth-order valence-corrected chi connectivity index (χ4v) is 6.13. The molecule has 198 valence electrons. The van der Waals surface area contributed by atoms with Gasteiger partial charge in [-0.15, -0.1) is 0 Å². The molecule has 0 bridgehead atoms. The highest BCUT2D eigenvalue weighted by atomic mass is 16.5. The number of hydrogen-bond acceptors (Lipinski definition) is 7. The molecule has 10 nitrogen and oxygen atoms in total. The summed E-state index contributed by atoms with van der Waals surface area (Å²) in [5.74, 6) is 0.326. The summed E-state index contributed by atoms with van der Waals surface area (Å²) < 4.78 is 5.06. The average Bonchev–Trinajstić information content (AvgIpc) is 3.37. The molecule has 0 aromatic heterocycles. The minimum atomic E-state index is -0.696. The van der Waals surface area contributed by atoms with Gasteiger partial charge < -0.3 is 31.6 Å². The first-order valence-corrected chi connectivity index (χ1v) is 13.4. The van der Waals surface area contributed by atoms with Crippen molar-refractivity contribution in [1.82, 2.24) is 10.2 Å². The van der Waals surface area contributed by atoms with Crippen LogP contribution in [0.15, 0.2) is 5.16 Å². The molecule has 1 saturated heterocycles. The van der Waals surface area contributed by atoms with Crippen LogP contribution in [0.5, 0.6) is 0 Å². The van der Waals surface area contributed by atoms with E-state index in [-0.39, 0.29) is 36.0 Å². The van der Waals surface area contributed by atoms with Gasteiger partial charge in [-0.2, -0.15) is 0 Å². The lowest BCUT2D eigenvalue weighted by atomic mass is 9.76. The number of likely N-dealkylation sites (tertiary alicyclic amines) is 1. The molecule has 1 aliphatic heterocycles. The second-order valence-electron chi connectivity index (χ2n) is 10.4. The van der Waals surface area contributed by atoms with E-state index < -0.39 is 24.2 Å². The predicted octanol–water partition coefficient (Wildman–Crippen LogP) is 2.51. The molecule has 3 aliphatic rings. The Kier molecular flexibility index (Phi) is 10.2. The second kappa shape index (κ2) is 13.1. The zero-order valence-corrected chi connectivity index (χ0v) is 21.0. The van der Waals surface area contributed by atoms with Crippen LogP contribution in [0.4, 0.5) is 4.79 Å². The number of ether oxygens (including phenoxy) is 1. The molecule has 3 fully saturated rings. The molecule has 0 aromatic carbocycles. The number of ketones is 1. The number of nitrogens with two attached hydrogens (primary N) is 2. The molecule has 0 aromatic rings. The number of carbonyl (C=O) groups excluding carboxylic acids is 3. The van der Waals surface area contributed by atoms with E-state index in [2.05, 4.69) is 10.5 Å². The average molecular weight is 494 g/mol. The third-order valence-corrected chi connectivity index (χ3v) is 8.17. The number of amidine groups is 1. The van der Waals surface area contributed by atoms with Gasteiger partial charge in [0.15, 0.2) is 5.78 Å². The molecule has 3 atom stereocenters. The van der Waals surface area contributed by atoms with Gasteiger partial charge >= 0.3 is 6.09 Å². The minimum Gasteiger partial charge on any atom is -0.450 e. The van der Waals surface area contributed by atoms with Crippen LogP contribution in [0.2, 0.25) is 0 Å². The number of carbonyl (C=O) groups is 3. The molecule has 3 rings (SSSR count). The first kappa shape index (κ1) is 27.2. The molecule has 6 N–H and O–H groups in total. The maximum absolute atomic E-state index is 13.6. The van der Waals surface area contributed by atoms with Crippen LogP contribution in [-0.4, -0.2) is 65.0 Å². The Morgan fingerprint density at radius 3 is 2.37 bits per heavy atom. The first-order valence-electron chi connectivity index (χ1n) is 13.4. The van der Waals surface area contributed by atoms with Gasteiger partial charge in [-0.1, -0.05) is 37.3 Å². The largest absolute Gasteiger partial charge is 0.450 e. The molecule has 35 heavy (non-hydrogen) atoms. The first-order chi connectivity index (χ1) is 16.8. The maximum Gasteiger partial charge on any atom is 0.407 e. The Bertz CT molecular complexity index is 761. The van der Waals surface area contributed by atoms with E-state index in [1.54, 1.807) is 11.8 Å². The molecule has 1 unspecified atom stereocenters. The predicted molar refractivity (Wildman–Crippen MR) is 132 cm³/mol. The Hall–Kier alpha value is -2.36. The van der Waals surface area contributed by atoms with Crippen LogP contribution < -0.4 is 16.8 Å². The number of amides is 2. The number of Topliss-reactive ketones (excluding diaryl/α,β-unsaturated/α-hetero) is 1. The standard InChI is InChI=1S/C25H43N5O5/c1-2-35-25(33)28-19(15-16-7-4-3-5-8-16)24(32)30-14-6-9-20(30)22(31)21(26)17-10-12-18(13-11-17)23(27)29-34/h16-21,34H,2-15,26H2,1H3,(H2,27,29)(H,28,33)/t17?,18?,19-,20+,21?/m1/s1. The Balaban J connectivity index is 1.65. The highest BCUT2D eigenvalue weighted by Gasteiger charge is 2.42. The number of oxime groups is 1. The molecule has 10 heteroatoms. The third-order valence-electron chi connectivity index (χ3n) is 8.17. The molecule has 2 aliphatic carbocycles. The van der Waals surface area contributed by atoms with Crippen molar-refractivity contribution in [3.63, 3.8) is 0 Å². The minimum absolute atomic E-state index is 0.0117. The Labute approximate surface area is 208 Å². The van der Waals surface area contributed by atoms with E-state index in [4.69, 9.17) is 21.4 Å². The van der Waals surface area contributed by atoms with Gasteiger partial charge in [-0.25, -0.2) is 4.79 Å². The van der Waals surface area contributed by atoms with Crippen LogP contribution in [0.25, 0.3) is 0 Å². The maximum atomic E-state index is 13.6. The highest BCUT2D eigenvalue weighted by molar-refractivity contribution is 5.95. The van der Waals surface area contributed by atoms with E-state index in [0.29, 0.717) is 25.3 Å². The molecule has 1 heterocycles. The van der Waals surface area contributed by atoms with Crippen molar-refractivity contribution >= 4 is 23.6 Å². The Morgan fingerprint density at radius 2 is 1.74 bits per heavy atom. The van der Waals surface area contributed by atoms with Crippen LogP contribution in [-0.2, 0) is 14.3 Å². The number of nitrogens with one attached hydrogen (secondary N) is 1. The second-order valence-corrected chi connectivity index (χ2v) is 10.4. The summed E-state index contributed by atoms with van der Waals surface area (Å²) in [7, 11) is 0. The smallest absolute Gasteiger partial charge is 0.407 e. The quantitative estimate of drug-likeness (QED) is 0.166. The fourth-order valence-electron chi connectivity index (χ4n) is 6.13. The van der Waals surface area contributed by atoms with Crippen LogP contribution in [0.1, 0.15) is 84.0 Å². The summed E-state index contributed by atoms with van der Waals surface area (Å²) in [4.78, 5) is 40.9. The summed E-state index contributed by atoms with van der Waals surface area (Å²) in [6, 6.07) is -1.91. The summed E-state index contributed by atoms with van der Waals surface area (Å²) in [6.45, 7) is 2.45. The highest BCUT2D eigenvalue weighted by Crippen LogP contribution is 2.33. The number of hydrogen-bond donors (Lipinski definition) is 4. The van der Waals surface area contributed by atoms with Gasteiger partial charge in [0.25, 0.3) is 0 Å². The summed E-state index contributed by atoms with van der Waals surface area (Å²) in [5, 5.41) is 14.8. The van der Waals surface area contributed by atoms with Crippen molar-refractivity contribution in [3.05, 3.63) is 0 Å². The SMILES string of the molecule is CCOC(=O)N[C@H](CC1CCCCC1)C(=O)N1CCC[C@H]1C(=O)C(N)C1CCC(/C(N)=N\O)CC1. The van der Waals surface area contributed by atoms with Gasteiger partial charge in [0.05, 0.1) is 18.7 Å². The number of alkyl carbamates (subject to hydrolysis) is 1. The lowest BCUT2D eigenvalue weighted by Crippen LogP contribution is -2.55. The lowest BCUT2D eigenvalue weighted by Gasteiger charge is -2.35.